The molecule has 2 rings (SSSR count). The smallest absolute Gasteiger partial charge is 0.226 e. The third kappa shape index (κ3) is 3.24. The summed E-state index contributed by atoms with van der Waals surface area (Å²) in [7, 11) is 0. The van der Waals surface area contributed by atoms with Gasteiger partial charge in [-0.05, 0) is 26.0 Å². The van der Waals surface area contributed by atoms with E-state index in [0.717, 1.165) is 11.3 Å². The number of hydrogen-bond donors (Lipinski definition) is 0. The summed E-state index contributed by atoms with van der Waals surface area (Å²) in [6.07, 6.45) is 0. The fourth-order valence-corrected chi connectivity index (χ4v) is 1.73. The van der Waals surface area contributed by atoms with Crippen LogP contribution in [0.25, 0.3) is 0 Å². The zero-order chi connectivity index (χ0) is 14.0. The van der Waals surface area contributed by atoms with Gasteiger partial charge in [0.05, 0.1) is 0 Å². The second kappa shape index (κ2) is 5.57. The van der Waals surface area contributed by atoms with Gasteiger partial charge in [0, 0.05) is 11.5 Å². The van der Waals surface area contributed by atoms with Crippen molar-refractivity contribution in [2.45, 2.75) is 33.6 Å². The minimum Gasteiger partial charge on any atom is -0.439 e. The standard InChI is InChI=1S/C15H17ClN2O/c1-9(2)14-17-13(16)11(4)15(18-14)19-12-7-5-10(3)6-8-12/h5-9H,1-4H3. The Kier molecular flexibility index (Phi) is 4.05. The summed E-state index contributed by atoms with van der Waals surface area (Å²) >= 11 is 6.12. The molecule has 0 aliphatic rings. The lowest BCUT2D eigenvalue weighted by Gasteiger charge is -2.12. The van der Waals surface area contributed by atoms with E-state index in [1.807, 2.05) is 52.0 Å². The maximum absolute atomic E-state index is 6.12. The van der Waals surface area contributed by atoms with Gasteiger partial charge in [-0.25, -0.2) is 4.98 Å². The van der Waals surface area contributed by atoms with Gasteiger partial charge in [-0.2, -0.15) is 4.98 Å². The minimum absolute atomic E-state index is 0.207. The molecule has 1 aromatic heterocycles. The molecule has 0 spiro atoms. The number of nitrogens with zero attached hydrogens (tertiary/aromatic N) is 2. The quantitative estimate of drug-likeness (QED) is 0.765. The summed E-state index contributed by atoms with van der Waals surface area (Å²) in [6.45, 7) is 7.94. The second-order valence-corrected chi connectivity index (χ2v) is 5.23. The number of halogens is 1. The summed E-state index contributed by atoms with van der Waals surface area (Å²) in [5, 5.41) is 0.445. The topological polar surface area (TPSA) is 35.0 Å². The van der Waals surface area contributed by atoms with Crippen LogP contribution in [0.2, 0.25) is 5.15 Å². The Labute approximate surface area is 118 Å². The molecule has 0 atom stereocenters. The molecule has 2 aromatic rings. The predicted octanol–water partition coefficient (Wildman–Crippen LogP) is 4.66. The number of hydrogen-bond acceptors (Lipinski definition) is 3. The van der Waals surface area contributed by atoms with Crippen LogP contribution in [0.5, 0.6) is 11.6 Å². The first-order valence-corrected chi connectivity index (χ1v) is 6.63. The SMILES string of the molecule is Cc1ccc(Oc2nc(C(C)C)nc(Cl)c2C)cc1. The predicted molar refractivity (Wildman–Crippen MR) is 77.1 cm³/mol. The van der Waals surface area contributed by atoms with Crippen molar-refractivity contribution in [3.63, 3.8) is 0 Å². The van der Waals surface area contributed by atoms with E-state index in [1.165, 1.54) is 5.56 Å². The van der Waals surface area contributed by atoms with E-state index in [4.69, 9.17) is 16.3 Å². The van der Waals surface area contributed by atoms with Crippen molar-refractivity contribution in [2.75, 3.05) is 0 Å². The van der Waals surface area contributed by atoms with E-state index in [0.29, 0.717) is 16.9 Å². The molecule has 0 fully saturated rings. The van der Waals surface area contributed by atoms with Crippen LogP contribution in [-0.2, 0) is 0 Å². The highest BCUT2D eigenvalue weighted by atomic mass is 35.5. The maximum atomic E-state index is 6.12. The van der Waals surface area contributed by atoms with Crippen LogP contribution in [-0.4, -0.2) is 9.97 Å². The number of aromatic nitrogens is 2. The molecule has 3 nitrogen and oxygen atoms in total. The lowest BCUT2D eigenvalue weighted by molar-refractivity contribution is 0.452. The molecule has 0 saturated heterocycles. The molecule has 0 N–H and O–H groups in total. The molecule has 0 aliphatic heterocycles. The molecule has 19 heavy (non-hydrogen) atoms. The van der Waals surface area contributed by atoms with E-state index in [9.17, 15) is 0 Å². The van der Waals surface area contributed by atoms with Gasteiger partial charge in [0.1, 0.15) is 16.7 Å². The molecule has 0 saturated carbocycles. The van der Waals surface area contributed by atoms with Gasteiger partial charge >= 0.3 is 0 Å². The molecule has 1 heterocycles. The average molecular weight is 277 g/mol. The lowest BCUT2D eigenvalue weighted by atomic mass is 10.2. The van der Waals surface area contributed by atoms with Crippen LogP contribution in [0.3, 0.4) is 0 Å². The van der Waals surface area contributed by atoms with Crippen LogP contribution >= 0.6 is 11.6 Å². The van der Waals surface area contributed by atoms with Gasteiger partial charge in [-0.1, -0.05) is 43.1 Å². The number of aryl methyl sites for hydroxylation is 1. The Morgan fingerprint density at radius 1 is 1.05 bits per heavy atom. The fraction of sp³-hybridized carbons (Fsp3) is 0.333. The van der Waals surface area contributed by atoms with Gasteiger partial charge in [-0.3, -0.25) is 0 Å². The van der Waals surface area contributed by atoms with E-state index in [1.54, 1.807) is 0 Å². The molecule has 0 amide bonds. The summed E-state index contributed by atoms with van der Waals surface area (Å²) in [5.41, 5.74) is 1.94. The number of ether oxygens (including phenoxy) is 1. The summed E-state index contributed by atoms with van der Waals surface area (Å²) in [5.74, 6) is 2.17. The summed E-state index contributed by atoms with van der Waals surface area (Å²) < 4.78 is 5.80. The highest BCUT2D eigenvalue weighted by Crippen LogP contribution is 2.28. The van der Waals surface area contributed by atoms with Crippen LogP contribution in [0, 0.1) is 13.8 Å². The van der Waals surface area contributed by atoms with Crippen molar-refractivity contribution in [1.82, 2.24) is 9.97 Å². The third-order valence-electron chi connectivity index (χ3n) is 2.81. The van der Waals surface area contributed by atoms with Crippen molar-refractivity contribution < 1.29 is 4.74 Å². The van der Waals surface area contributed by atoms with Crippen molar-refractivity contribution in [3.8, 4) is 11.6 Å². The molecule has 0 radical (unpaired) electrons. The highest BCUT2D eigenvalue weighted by molar-refractivity contribution is 6.30. The zero-order valence-electron chi connectivity index (χ0n) is 11.6. The van der Waals surface area contributed by atoms with Crippen molar-refractivity contribution in [2.24, 2.45) is 0 Å². The van der Waals surface area contributed by atoms with E-state index < -0.39 is 0 Å². The molecule has 4 heteroatoms. The Morgan fingerprint density at radius 3 is 2.26 bits per heavy atom. The Morgan fingerprint density at radius 2 is 1.68 bits per heavy atom. The largest absolute Gasteiger partial charge is 0.439 e. The van der Waals surface area contributed by atoms with Crippen LogP contribution in [0.15, 0.2) is 24.3 Å². The Bertz CT molecular complexity index is 579. The van der Waals surface area contributed by atoms with Gasteiger partial charge in [0.15, 0.2) is 0 Å². The van der Waals surface area contributed by atoms with Crippen LogP contribution in [0.1, 0.15) is 36.7 Å². The molecule has 1 aromatic carbocycles. The Hall–Kier alpha value is -1.61. The molecular formula is C15H17ClN2O. The van der Waals surface area contributed by atoms with Crippen molar-refractivity contribution in [3.05, 3.63) is 46.4 Å². The van der Waals surface area contributed by atoms with E-state index in [2.05, 4.69) is 9.97 Å². The Balaban J connectivity index is 2.36. The normalized spacial score (nSPS) is 10.8. The molecule has 0 unspecified atom stereocenters. The minimum atomic E-state index is 0.207. The molecular weight excluding hydrogens is 260 g/mol. The molecule has 0 bridgehead atoms. The first kappa shape index (κ1) is 13.8. The molecule has 0 aliphatic carbocycles. The fourth-order valence-electron chi connectivity index (χ4n) is 1.56. The third-order valence-corrected chi connectivity index (χ3v) is 3.18. The first-order valence-electron chi connectivity index (χ1n) is 6.26. The van der Waals surface area contributed by atoms with Gasteiger partial charge < -0.3 is 4.74 Å². The van der Waals surface area contributed by atoms with E-state index in [-0.39, 0.29) is 5.92 Å². The van der Waals surface area contributed by atoms with Gasteiger partial charge in [0.2, 0.25) is 5.88 Å². The monoisotopic (exact) mass is 276 g/mol. The number of benzene rings is 1. The highest BCUT2D eigenvalue weighted by Gasteiger charge is 2.13. The van der Waals surface area contributed by atoms with Crippen LogP contribution in [0.4, 0.5) is 0 Å². The second-order valence-electron chi connectivity index (χ2n) is 4.87. The van der Waals surface area contributed by atoms with Gasteiger partial charge in [-0.15, -0.1) is 0 Å². The molecule has 100 valence electrons. The summed E-state index contributed by atoms with van der Waals surface area (Å²) in [6, 6.07) is 7.83. The average Bonchev–Trinajstić information content (AvgIpc) is 2.37. The lowest BCUT2D eigenvalue weighted by Crippen LogP contribution is -2.02. The number of rotatable bonds is 3. The van der Waals surface area contributed by atoms with Crippen molar-refractivity contribution in [1.29, 1.82) is 0 Å². The summed E-state index contributed by atoms with van der Waals surface area (Å²) in [4.78, 5) is 8.70. The maximum Gasteiger partial charge on any atom is 0.226 e. The van der Waals surface area contributed by atoms with Crippen molar-refractivity contribution >= 4 is 11.6 Å². The van der Waals surface area contributed by atoms with Crippen LogP contribution < -0.4 is 4.74 Å². The zero-order valence-corrected chi connectivity index (χ0v) is 12.3. The van der Waals surface area contributed by atoms with E-state index >= 15 is 0 Å². The first-order chi connectivity index (χ1) is 8.97. The van der Waals surface area contributed by atoms with Gasteiger partial charge in [0.25, 0.3) is 0 Å².